The molecular formula is C15H19N3O2. The van der Waals surface area contributed by atoms with Crippen LogP contribution in [0.2, 0.25) is 0 Å². The number of hydrogen-bond acceptors (Lipinski definition) is 3. The molecule has 1 N–H and O–H groups in total. The number of benzene rings is 1. The molecule has 5 heteroatoms. The predicted molar refractivity (Wildman–Crippen MR) is 76.8 cm³/mol. The average molecular weight is 273 g/mol. The summed E-state index contributed by atoms with van der Waals surface area (Å²) in [5, 5.41) is 9.07. The molecule has 5 nitrogen and oxygen atoms in total. The first-order valence-corrected chi connectivity index (χ1v) is 7.06. The minimum atomic E-state index is -0.898. The van der Waals surface area contributed by atoms with E-state index >= 15 is 0 Å². The van der Waals surface area contributed by atoms with Crippen LogP contribution < -0.4 is 0 Å². The first-order chi connectivity index (χ1) is 9.65. The van der Waals surface area contributed by atoms with Crippen LogP contribution in [0, 0.1) is 0 Å². The molecule has 0 spiro atoms. The fourth-order valence-electron chi connectivity index (χ4n) is 2.83. The highest BCUT2D eigenvalue weighted by molar-refractivity contribution is 5.92. The Balaban J connectivity index is 1.91. The van der Waals surface area contributed by atoms with Gasteiger partial charge >= 0.3 is 5.97 Å². The number of carboxylic acids is 1. The number of piperidine rings is 1. The van der Waals surface area contributed by atoms with Crippen molar-refractivity contribution < 1.29 is 9.90 Å². The molecule has 1 aromatic heterocycles. The molecule has 106 valence electrons. The van der Waals surface area contributed by atoms with Crippen LogP contribution in [0.25, 0.3) is 11.0 Å². The van der Waals surface area contributed by atoms with Crippen LogP contribution in [0.3, 0.4) is 0 Å². The standard InChI is InChI=1S/C15H19N3O2/c1-17-13-9-11(15(19)20)5-6-12(13)16-14(17)10-18-7-3-2-4-8-18/h5-6,9H,2-4,7-8,10H2,1H3,(H,19,20). The Kier molecular flexibility index (Phi) is 3.44. The van der Waals surface area contributed by atoms with E-state index in [1.807, 2.05) is 11.6 Å². The van der Waals surface area contributed by atoms with E-state index in [-0.39, 0.29) is 0 Å². The number of aromatic carboxylic acids is 1. The summed E-state index contributed by atoms with van der Waals surface area (Å²) in [4.78, 5) is 18.1. The molecule has 0 saturated carbocycles. The van der Waals surface area contributed by atoms with E-state index in [1.165, 1.54) is 19.3 Å². The van der Waals surface area contributed by atoms with Gasteiger partial charge < -0.3 is 9.67 Å². The van der Waals surface area contributed by atoms with Crippen LogP contribution in [-0.4, -0.2) is 38.6 Å². The molecular weight excluding hydrogens is 254 g/mol. The molecule has 2 heterocycles. The van der Waals surface area contributed by atoms with Crippen molar-refractivity contribution in [2.24, 2.45) is 7.05 Å². The van der Waals surface area contributed by atoms with Gasteiger partial charge in [0.2, 0.25) is 0 Å². The molecule has 1 saturated heterocycles. The highest BCUT2D eigenvalue weighted by atomic mass is 16.4. The molecule has 1 aliphatic rings. The largest absolute Gasteiger partial charge is 0.478 e. The van der Waals surface area contributed by atoms with Crippen molar-refractivity contribution in [2.45, 2.75) is 25.8 Å². The first kappa shape index (κ1) is 13.1. The van der Waals surface area contributed by atoms with Gasteiger partial charge in [-0.2, -0.15) is 0 Å². The van der Waals surface area contributed by atoms with Gasteiger partial charge in [-0.3, -0.25) is 4.90 Å². The Labute approximate surface area is 117 Å². The van der Waals surface area contributed by atoms with Crippen molar-refractivity contribution in [1.82, 2.24) is 14.5 Å². The van der Waals surface area contributed by atoms with Crippen LogP contribution in [0.15, 0.2) is 18.2 Å². The maximum Gasteiger partial charge on any atom is 0.335 e. The molecule has 0 unspecified atom stereocenters. The third kappa shape index (κ3) is 2.41. The number of aryl methyl sites for hydroxylation is 1. The maximum atomic E-state index is 11.0. The zero-order valence-corrected chi connectivity index (χ0v) is 11.7. The SMILES string of the molecule is Cn1c(CN2CCCCC2)nc2ccc(C(=O)O)cc21. The van der Waals surface area contributed by atoms with Crippen molar-refractivity contribution in [2.75, 3.05) is 13.1 Å². The Morgan fingerprint density at radius 2 is 2.05 bits per heavy atom. The lowest BCUT2D eigenvalue weighted by atomic mass is 10.1. The van der Waals surface area contributed by atoms with Crippen molar-refractivity contribution in [3.05, 3.63) is 29.6 Å². The fourth-order valence-corrected chi connectivity index (χ4v) is 2.83. The Bertz CT molecular complexity index is 642. The fraction of sp³-hybridized carbons (Fsp3) is 0.467. The van der Waals surface area contributed by atoms with Crippen molar-refractivity contribution in [3.8, 4) is 0 Å². The molecule has 0 radical (unpaired) electrons. The van der Waals surface area contributed by atoms with Gasteiger partial charge in [0, 0.05) is 7.05 Å². The van der Waals surface area contributed by atoms with Gasteiger partial charge in [0.05, 0.1) is 23.1 Å². The smallest absolute Gasteiger partial charge is 0.335 e. The van der Waals surface area contributed by atoms with Gasteiger partial charge in [0.1, 0.15) is 5.82 Å². The van der Waals surface area contributed by atoms with E-state index in [2.05, 4.69) is 9.88 Å². The molecule has 1 aliphatic heterocycles. The quantitative estimate of drug-likeness (QED) is 0.932. The first-order valence-electron chi connectivity index (χ1n) is 7.06. The lowest BCUT2D eigenvalue weighted by molar-refractivity contribution is 0.0697. The van der Waals surface area contributed by atoms with Crippen LogP contribution in [0.1, 0.15) is 35.4 Å². The number of imidazole rings is 1. The summed E-state index contributed by atoms with van der Waals surface area (Å²) in [6.45, 7) is 3.10. The topological polar surface area (TPSA) is 58.4 Å². The Hall–Kier alpha value is -1.88. The number of rotatable bonds is 3. The summed E-state index contributed by atoms with van der Waals surface area (Å²) in [6, 6.07) is 5.10. The number of carboxylic acid groups (broad SMARTS) is 1. The molecule has 0 bridgehead atoms. The molecule has 20 heavy (non-hydrogen) atoms. The molecule has 3 rings (SSSR count). The summed E-state index contributed by atoms with van der Waals surface area (Å²) in [6.07, 6.45) is 3.83. The third-order valence-electron chi connectivity index (χ3n) is 4.03. The minimum absolute atomic E-state index is 0.310. The third-order valence-corrected chi connectivity index (χ3v) is 4.03. The number of fused-ring (bicyclic) bond motifs is 1. The molecule has 2 aromatic rings. The zero-order chi connectivity index (χ0) is 14.1. The monoisotopic (exact) mass is 273 g/mol. The number of aromatic nitrogens is 2. The van der Waals surface area contributed by atoms with Crippen LogP contribution in [0.5, 0.6) is 0 Å². The van der Waals surface area contributed by atoms with E-state index in [1.54, 1.807) is 18.2 Å². The average Bonchev–Trinajstić information content (AvgIpc) is 2.76. The van der Waals surface area contributed by atoms with E-state index in [0.29, 0.717) is 5.56 Å². The molecule has 1 aromatic carbocycles. The summed E-state index contributed by atoms with van der Waals surface area (Å²) < 4.78 is 2.01. The maximum absolute atomic E-state index is 11.0. The van der Waals surface area contributed by atoms with E-state index in [9.17, 15) is 4.79 Å². The van der Waals surface area contributed by atoms with Crippen molar-refractivity contribution >= 4 is 17.0 Å². The van der Waals surface area contributed by atoms with Crippen LogP contribution in [-0.2, 0) is 13.6 Å². The minimum Gasteiger partial charge on any atom is -0.478 e. The van der Waals surface area contributed by atoms with Gasteiger partial charge in [0.15, 0.2) is 0 Å². The van der Waals surface area contributed by atoms with Gasteiger partial charge in [-0.05, 0) is 44.1 Å². The molecule has 0 atom stereocenters. The second-order valence-corrected chi connectivity index (χ2v) is 5.43. The number of hydrogen-bond donors (Lipinski definition) is 1. The normalized spacial score (nSPS) is 16.6. The second-order valence-electron chi connectivity index (χ2n) is 5.43. The number of nitrogens with zero attached hydrogens (tertiary/aromatic N) is 3. The highest BCUT2D eigenvalue weighted by Crippen LogP contribution is 2.19. The number of carbonyl (C=O) groups is 1. The van der Waals surface area contributed by atoms with E-state index < -0.39 is 5.97 Å². The summed E-state index contributed by atoms with van der Waals surface area (Å²) in [7, 11) is 1.96. The van der Waals surface area contributed by atoms with Crippen molar-refractivity contribution in [1.29, 1.82) is 0 Å². The van der Waals surface area contributed by atoms with E-state index in [0.717, 1.165) is 36.5 Å². The summed E-state index contributed by atoms with van der Waals surface area (Å²) in [5.74, 6) is 0.107. The van der Waals surface area contributed by atoms with Gasteiger partial charge in [-0.25, -0.2) is 9.78 Å². The summed E-state index contributed by atoms with van der Waals surface area (Å²) >= 11 is 0. The van der Waals surface area contributed by atoms with Gasteiger partial charge in [0.25, 0.3) is 0 Å². The molecule has 0 aliphatic carbocycles. The lowest BCUT2D eigenvalue weighted by Gasteiger charge is -2.25. The van der Waals surface area contributed by atoms with Crippen molar-refractivity contribution in [3.63, 3.8) is 0 Å². The van der Waals surface area contributed by atoms with Gasteiger partial charge in [-0.15, -0.1) is 0 Å². The predicted octanol–water partition coefficient (Wildman–Crippen LogP) is 2.26. The lowest BCUT2D eigenvalue weighted by Crippen LogP contribution is -2.30. The number of likely N-dealkylation sites (tertiary alicyclic amines) is 1. The van der Waals surface area contributed by atoms with Crippen LogP contribution >= 0.6 is 0 Å². The Morgan fingerprint density at radius 3 is 2.75 bits per heavy atom. The molecule has 0 amide bonds. The highest BCUT2D eigenvalue weighted by Gasteiger charge is 2.15. The second kappa shape index (κ2) is 5.25. The zero-order valence-electron chi connectivity index (χ0n) is 11.7. The summed E-state index contributed by atoms with van der Waals surface area (Å²) in [5.41, 5.74) is 2.06. The van der Waals surface area contributed by atoms with Gasteiger partial charge in [-0.1, -0.05) is 6.42 Å². The Morgan fingerprint density at radius 1 is 1.30 bits per heavy atom. The molecule has 1 fully saturated rings. The van der Waals surface area contributed by atoms with E-state index in [4.69, 9.17) is 5.11 Å². The van der Waals surface area contributed by atoms with Crippen LogP contribution in [0.4, 0.5) is 0 Å².